The SMILES string of the molecule is Cl.NC(=O)c1ccc(-c2ccc(Cl)cc2)c(COc2ccc(-c3nc4cc(C(=O)NC(Cc5c[nH]c6ccc(O)cc56)C(=O)O)ccc4n3C3CCCCC3)c(F)c2)c1. The third-order valence-electron chi connectivity index (χ3n) is 10.8. The first-order chi connectivity index (χ1) is 28.0. The van der Waals surface area contributed by atoms with Crippen LogP contribution in [-0.2, 0) is 17.8 Å². The molecule has 0 spiro atoms. The molecule has 1 atom stereocenters. The molecule has 2 aromatic heterocycles. The van der Waals surface area contributed by atoms with Crippen LogP contribution < -0.4 is 15.8 Å². The zero-order chi connectivity index (χ0) is 40.5. The van der Waals surface area contributed by atoms with Gasteiger partial charge in [-0.2, -0.15) is 0 Å². The molecule has 5 aromatic carbocycles. The van der Waals surface area contributed by atoms with Crippen LogP contribution in [0.2, 0.25) is 5.02 Å². The second-order valence-corrected chi connectivity index (χ2v) is 15.0. The number of hydrogen-bond acceptors (Lipinski definition) is 6. The lowest BCUT2D eigenvalue weighted by Gasteiger charge is -2.26. The van der Waals surface area contributed by atoms with Gasteiger partial charge in [0.2, 0.25) is 5.91 Å². The number of H-pyrrole nitrogens is 1. The summed E-state index contributed by atoms with van der Waals surface area (Å²) in [6.45, 7) is 0.0252. The first-order valence-corrected chi connectivity index (χ1v) is 19.4. The van der Waals surface area contributed by atoms with Crippen molar-refractivity contribution in [1.29, 1.82) is 0 Å². The molecule has 2 heterocycles. The molecule has 8 rings (SSSR count). The van der Waals surface area contributed by atoms with Gasteiger partial charge in [-0.05, 0) is 108 Å². The maximum atomic E-state index is 16.2. The van der Waals surface area contributed by atoms with Crippen molar-refractivity contribution in [3.63, 3.8) is 0 Å². The van der Waals surface area contributed by atoms with E-state index in [1.807, 2.05) is 12.1 Å². The maximum Gasteiger partial charge on any atom is 0.326 e. The van der Waals surface area contributed by atoms with Gasteiger partial charge in [0.1, 0.15) is 35.8 Å². The van der Waals surface area contributed by atoms with Gasteiger partial charge < -0.3 is 35.6 Å². The van der Waals surface area contributed by atoms with E-state index in [2.05, 4.69) is 14.9 Å². The third-order valence-corrected chi connectivity index (χ3v) is 11.0. The highest BCUT2D eigenvalue weighted by molar-refractivity contribution is 6.30. The summed E-state index contributed by atoms with van der Waals surface area (Å²) in [7, 11) is 0. The quantitative estimate of drug-likeness (QED) is 0.0816. The van der Waals surface area contributed by atoms with Crippen LogP contribution in [0.1, 0.15) is 70.0 Å². The summed E-state index contributed by atoms with van der Waals surface area (Å²) in [5.74, 6) is -2.22. The van der Waals surface area contributed by atoms with Crippen molar-refractivity contribution in [2.45, 2.75) is 57.2 Å². The van der Waals surface area contributed by atoms with Gasteiger partial charge in [0.25, 0.3) is 5.91 Å². The second kappa shape index (κ2) is 17.2. The number of aromatic hydroxyl groups is 1. The second-order valence-electron chi connectivity index (χ2n) is 14.6. The molecule has 59 heavy (non-hydrogen) atoms. The monoisotopic (exact) mass is 835 g/mol. The number of aromatic nitrogens is 3. The number of nitrogens with one attached hydrogen (secondary N) is 2. The third kappa shape index (κ3) is 8.60. The number of phenols is 1. The number of phenolic OH excluding ortho intramolecular Hbond substituents is 1. The zero-order valence-corrected chi connectivity index (χ0v) is 33.2. The van der Waals surface area contributed by atoms with Crippen molar-refractivity contribution in [2.24, 2.45) is 5.73 Å². The highest BCUT2D eigenvalue weighted by atomic mass is 35.5. The topological polar surface area (TPSA) is 173 Å². The standard InChI is InChI=1S/C45H39ClFN5O6.ClH/c46-30-10-6-25(7-11-30)34-14-8-26(42(48)54)18-29(34)24-58-33-13-15-35(37(47)22-33)43-50-39-19-27(9-17-41(39)52(43)31-4-2-1-3-5-31)44(55)51-40(45(56)57)20-28-23-49-38-16-12-32(53)21-36(28)38;/h6-19,21-23,31,40,49,53H,1-5,20,24H2,(H2,48,54)(H,51,55)(H,56,57);1H. The first kappa shape index (κ1) is 40.8. The van der Waals surface area contributed by atoms with Crippen LogP contribution in [0.3, 0.4) is 0 Å². The molecule has 302 valence electrons. The summed E-state index contributed by atoms with van der Waals surface area (Å²) in [5.41, 5.74) is 11.3. The number of carbonyl (C=O) groups excluding carboxylic acids is 2. The Morgan fingerprint density at radius 1 is 0.915 bits per heavy atom. The Bertz CT molecular complexity index is 2710. The molecular formula is C45H40Cl2FN5O6. The maximum absolute atomic E-state index is 16.2. The molecule has 6 N–H and O–H groups in total. The molecule has 1 fully saturated rings. The lowest BCUT2D eigenvalue weighted by molar-refractivity contribution is -0.139. The fourth-order valence-electron chi connectivity index (χ4n) is 7.84. The Labute approximate surface area is 349 Å². The summed E-state index contributed by atoms with van der Waals surface area (Å²) in [4.78, 5) is 45.9. The lowest BCUT2D eigenvalue weighted by atomic mass is 9.94. The van der Waals surface area contributed by atoms with Crippen LogP contribution in [0.4, 0.5) is 4.39 Å². The van der Waals surface area contributed by atoms with Crippen LogP contribution in [0.5, 0.6) is 11.5 Å². The molecule has 2 amide bonds. The van der Waals surface area contributed by atoms with Gasteiger partial charge in [-0.25, -0.2) is 14.2 Å². The first-order valence-electron chi connectivity index (χ1n) is 19.0. The van der Waals surface area contributed by atoms with Gasteiger partial charge in [0.05, 0.1) is 16.6 Å². The van der Waals surface area contributed by atoms with Crippen molar-refractivity contribution >= 4 is 63.7 Å². The van der Waals surface area contributed by atoms with E-state index in [-0.39, 0.29) is 54.1 Å². The number of hydrogen-bond donors (Lipinski definition) is 5. The Balaban J connectivity index is 0.00000528. The van der Waals surface area contributed by atoms with E-state index in [4.69, 9.17) is 27.1 Å². The number of carboxylic acids is 1. The van der Waals surface area contributed by atoms with Crippen LogP contribution in [0.25, 0.3) is 44.5 Å². The number of carbonyl (C=O) groups is 3. The predicted molar refractivity (Wildman–Crippen MR) is 227 cm³/mol. The van der Waals surface area contributed by atoms with Crippen molar-refractivity contribution in [3.05, 3.63) is 136 Å². The van der Waals surface area contributed by atoms with E-state index < -0.39 is 29.6 Å². The number of aromatic amines is 1. The number of amides is 2. The molecule has 0 aliphatic heterocycles. The van der Waals surface area contributed by atoms with Gasteiger partial charge in [0, 0.05) is 51.8 Å². The predicted octanol–water partition coefficient (Wildman–Crippen LogP) is 9.38. The van der Waals surface area contributed by atoms with Crippen LogP contribution >= 0.6 is 24.0 Å². The van der Waals surface area contributed by atoms with Crippen LogP contribution in [-0.4, -0.2) is 48.6 Å². The van der Waals surface area contributed by atoms with Crippen molar-refractivity contribution < 1.29 is 33.7 Å². The Kier molecular flexibility index (Phi) is 11.9. The van der Waals surface area contributed by atoms with Crippen molar-refractivity contribution in [2.75, 3.05) is 0 Å². The molecule has 1 aliphatic rings. The van der Waals surface area contributed by atoms with Gasteiger partial charge in [-0.1, -0.05) is 49.1 Å². The fraction of sp³-hybridized carbons (Fsp3) is 0.200. The molecular weight excluding hydrogens is 796 g/mol. The summed E-state index contributed by atoms with van der Waals surface area (Å²) >= 11 is 6.11. The largest absolute Gasteiger partial charge is 0.508 e. The summed E-state index contributed by atoms with van der Waals surface area (Å²) in [5, 5.41) is 23.9. The van der Waals surface area contributed by atoms with Gasteiger partial charge in [-0.15, -0.1) is 12.4 Å². The normalized spacial score (nSPS) is 13.5. The van der Waals surface area contributed by atoms with E-state index in [0.29, 0.717) is 38.4 Å². The number of nitrogens with two attached hydrogens (primary N) is 1. The summed E-state index contributed by atoms with van der Waals surface area (Å²) in [6.07, 6.45) is 6.55. The van der Waals surface area contributed by atoms with Gasteiger partial charge in [0.15, 0.2) is 0 Å². The Morgan fingerprint density at radius 2 is 1.66 bits per heavy atom. The molecule has 1 saturated carbocycles. The number of carboxylic acid groups (broad SMARTS) is 1. The van der Waals surface area contributed by atoms with E-state index >= 15 is 4.39 Å². The fourth-order valence-corrected chi connectivity index (χ4v) is 7.97. The minimum absolute atomic E-state index is 0. The van der Waals surface area contributed by atoms with E-state index in [9.17, 15) is 24.6 Å². The molecule has 0 bridgehead atoms. The minimum atomic E-state index is -1.26. The number of fused-ring (bicyclic) bond motifs is 2. The van der Waals surface area contributed by atoms with E-state index in [1.165, 1.54) is 12.1 Å². The molecule has 1 unspecified atom stereocenters. The average Bonchev–Trinajstić information content (AvgIpc) is 3.80. The van der Waals surface area contributed by atoms with Gasteiger partial charge >= 0.3 is 5.97 Å². The van der Waals surface area contributed by atoms with Crippen molar-refractivity contribution in [1.82, 2.24) is 19.9 Å². The molecule has 1 aliphatic carbocycles. The van der Waals surface area contributed by atoms with Crippen LogP contribution in [0.15, 0.2) is 103 Å². The highest BCUT2D eigenvalue weighted by Crippen LogP contribution is 2.38. The molecule has 11 nitrogen and oxygen atoms in total. The number of benzene rings is 5. The van der Waals surface area contributed by atoms with Gasteiger partial charge in [-0.3, -0.25) is 9.59 Å². The van der Waals surface area contributed by atoms with Crippen molar-refractivity contribution in [3.8, 4) is 34.0 Å². The van der Waals surface area contributed by atoms with Crippen LogP contribution in [0, 0.1) is 5.82 Å². The highest BCUT2D eigenvalue weighted by Gasteiger charge is 2.27. The molecule has 14 heteroatoms. The number of rotatable bonds is 12. The number of aliphatic carboxylic acids is 1. The number of primary amides is 1. The molecule has 7 aromatic rings. The smallest absolute Gasteiger partial charge is 0.326 e. The zero-order valence-electron chi connectivity index (χ0n) is 31.6. The Morgan fingerprint density at radius 3 is 2.39 bits per heavy atom. The summed E-state index contributed by atoms with van der Waals surface area (Å²) < 4.78 is 24.4. The number of halogens is 3. The molecule has 0 saturated heterocycles. The Hall–Kier alpha value is -6.37. The van der Waals surface area contributed by atoms with E-state index in [1.54, 1.807) is 79.0 Å². The van der Waals surface area contributed by atoms with E-state index in [0.717, 1.165) is 54.3 Å². The molecule has 0 radical (unpaired) electrons. The number of ether oxygens (including phenoxy) is 1. The average molecular weight is 837 g/mol. The number of nitrogens with zero attached hydrogens (tertiary/aromatic N) is 2. The minimum Gasteiger partial charge on any atom is -0.508 e. The lowest BCUT2D eigenvalue weighted by Crippen LogP contribution is -2.42. The summed E-state index contributed by atoms with van der Waals surface area (Å²) in [6, 6.07) is 25.5. The number of imidazole rings is 1.